The molecule has 0 aromatic heterocycles. The van der Waals surface area contributed by atoms with Crippen LogP contribution in [0.2, 0.25) is 0 Å². The second kappa shape index (κ2) is 6.17. The van der Waals surface area contributed by atoms with Crippen molar-refractivity contribution in [2.45, 2.75) is 37.3 Å². The number of nitrogens with one attached hydrogen (secondary N) is 1. The maximum Gasteiger partial charge on any atom is 0.223 e. The van der Waals surface area contributed by atoms with Gasteiger partial charge in [-0.2, -0.15) is 0 Å². The summed E-state index contributed by atoms with van der Waals surface area (Å²) in [6.07, 6.45) is 3.36. The molecule has 1 amide bonds. The van der Waals surface area contributed by atoms with Crippen molar-refractivity contribution in [1.82, 2.24) is 5.32 Å². The highest BCUT2D eigenvalue weighted by molar-refractivity contribution is 5.77. The van der Waals surface area contributed by atoms with E-state index >= 15 is 0 Å². The average Bonchev–Trinajstić information content (AvgIpc) is 2.41. The molecule has 0 bridgehead atoms. The van der Waals surface area contributed by atoms with Crippen LogP contribution >= 0.6 is 0 Å². The molecule has 104 valence electrons. The first-order valence-corrected chi connectivity index (χ1v) is 6.69. The van der Waals surface area contributed by atoms with Crippen LogP contribution in [0.25, 0.3) is 0 Å². The molecule has 1 aliphatic rings. The van der Waals surface area contributed by atoms with Gasteiger partial charge in [-0.3, -0.25) is 4.79 Å². The molecule has 1 aliphatic carbocycles. The lowest BCUT2D eigenvalue weighted by Gasteiger charge is -2.40. The Morgan fingerprint density at radius 2 is 2.11 bits per heavy atom. The van der Waals surface area contributed by atoms with Crippen LogP contribution < -0.4 is 5.32 Å². The van der Waals surface area contributed by atoms with E-state index in [0.29, 0.717) is 6.42 Å². The van der Waals surface area contributed by atoms with Crippen molar-refractivity contribution in [2.24, 2.45) is 0 Å². The zero-order chi connectivity index (χ0) is 13.7. The number of ether oxygens (including phenoxy) is 1. The van der Waals surface area contributed by atoms with Crippen molar-refractivity contribution in [3.8, 4) is 0 Å². The van der Waals surface area contributed by atoms with Crippen LogP contribution in [0.4, 0.5) is 0 Å². The van der Waals surface area contributed by atoms with Crippen molar-refractivity contribution in [1.29, 1.82) is 0 Å². The number of carbonyl (C=O) groups excluding carboxylic acids is 1. The molecule has 2 rings (SSSR count). The summed E-state index contributed by atoms with van der Waals surface area (Å²) in [7, 11) is 1.66. The van der Waals surface area contributed by atoms with E-state index in [9.17, 15) is 9.90 Å². The van der Waals surface area contributed by atoms with Gasteiger partial charge in [0.05, 0.1) is 24.7 Å². The molecular weight excluding hydrogens is 242 g/mol. The summed E-state index contributed by atoms with van der Waals surface area (Å²) in [4.78, 5) is 12.1. The monoisotopic (exact) mass is 263 g/mol. The predicted octanol–water partition coefficient (Wildman–Crippen LogP) is 1.80. The van der Waals surface area contributed by atoms with Crippen molar-refractivity contribution in [2.75, 3.05) is 13.7 Å². The molecule has 0 radical (unpaired) electrons. The Labute approximate surface area is 113 Å². The van der Waals surface area contributed by atoms with Crippen molar-refractivity contribution in [3.63, 3.8) is 0 Å². The zero-order valence-corrected chi connectivity index (χ0v) is 11.3. The van der Waals surface area contributed by atoms with Gasteiger partial charge in [0, 0.05) is 7.11 Å². The average molecular weight is 263 g/mol. The summed E-state index contributed by atoms with van der Waals surface area (Å²) >= 11 is 0. The smallest absolute Gasteiger partial charge is 0.223 e. The summed E-state index contributed by atoms with van der Waals surface area (Å²) in [5, 5.41) is 12.3. The van der Waals surface area contributed by atoms with Gasteiger partial charge in [0.2, 0.25) is 5.91 Å². The second-order valence-electron chi connectivity index (χ2n) is 5.13. The van der Waals surface area contributed by atoms with Gasteiger partial charge in [0.15, 0.2) is 0 Å². The van der Waals surface area contributed by atoms with Gasteiger partial charge >= 0.3 is 0 Å². The maximum atomic E-state index is 12.1. The molecule has 2 N–H and O–H groups in total. The topological polar surface area (TPSA) is 58.6 Å². The quantitative estimate of drug-likeness (QED) is 0.822. The minimum absolute atomic E-state index is 0.0653. The highest BCUT2D eigenvalue weighted by atomic mass is 16.5. The molecule has 1 atom stereocenters. The normalized spacial score (nSPS) is 18.4. The lowest BCUT2D eigenvalue weighted by atomic mass is 9.77. The number of methoxy groups -OCH3 is 1. The summed E-state index contributed by atoms with van der Waals surface area (Å²) in [5.74, 6) is -0.0653. The molecule has 0 unspecified atom stereocenters. The van der Waals surface area contributed by atoms with Crippen LogP contribution in [0.1, 0.15) is 37.3 Å². The van der Waals surface area contributed by atoms with Crippen molar-refractivity contribution >= 4 is 5.91 Å². The largest absolute Gasteiger partial charge is 0.394 e. The fraction of sp³-hybridized carbons (Fsp3) is 0.533. The minimum atomic E-state index is -0.345. The van der Waals surface area contributed by atoms with Crippen LogP contribution in [-0.4, -0.2) is 30.3 Å². The number of amides is 1. The van der Waals surface area contributed by atoms with Gasteiger partial charge in [-0.05, 0) is 24.8 Å². The number of hydrogen-bond donors (Lipinski definition) is 2. The molecule has 4 nitrogen and oxygen atoms in total. The molecule has 1 aromatic carbocycles. The molecule has 1 saturated carbocycles. The van der Waals surface area contributed by atoms with Crippen molar-refractivity contribution < 1.29 is 14.6 Å². The SMILES string of the molecule is COC1(CC(=O)N[C@@H](CO)c2ccccc2)CCC1. The van der Waals surface area contributed by atoms with E-state index in [2.05, 4.69) is 5.32 Å². The first kappa shape index (κ1) is 14.0. The number of aliphatic hydroxyl groups excluding tert-OH is 1. The summed E-state index contributed by atoms with van der Waals surface area (Å²) in [6, 6.07) is 9.16. The standard InChI is InChI=1S/C15H21NO3/c1-19-15(8-5-9-15)10-14(18)16-13(11-17)12-6-3-2-4-7-12/h2-4,6-7,13,17H,5,8-11H2,1H3,(H,16,18)/t13-/m0/s1. The predicted molar refractivity (Wildman–Crippen MR) is 72.6 cm³/mol. The summed E-state index contributed by atoms with van der Waals surface area (Å²) < 4.78 is 5.44. The van der Waals surface area contributed by atoms with E-state index < -0.39 is 0 Å². The van der Waals surface area contributed by atoms with Crippen LogP contribution in [0, 0.1) is 0 Å². The number of benzene rings is 1. The lowest BCUT2D eigenvalue weighted by Crippen LogP contribution is -2.44. The second-order valence-corrected chi connectivity index (χ2v) is 5.13. The maximum absolute atomic E-state index is 12.1. The van der Waals surface area contributed by atoms with E-state index in [1.807, 2.05) is 30.3 Å². The van der Waals surface area contributed by atoms with Gasteiger partial charge in [-0.25, -0.2) is 0 Å². The molecule has 1 fully saturated rings. The van der Waals surface area contributed by atoms with E-state index in [1.54, 1.807) is 7.11 Å². The van der Waals surface area contributed by atoms with E-state index in [-0.39, 0.29) is 24.2 Å². The molecule has 0 heterocycles. The third-order valence-electron chi connectivity index (χ3n) is 3.90. The first-order chi connectivity index (χ1) is 9.19. The highest BCUT2D eigenvalue weighted by Gasteiger charge is 2.39. The summed E-state index contributed by atoms with van der Waals surface area (Å²) in [5.41, 5.74) is 0.638. The Bertz CT molecular complexity index is 409. The lowest BCUT2D eigenvalue weighted by molar-refractivity contribution is -0.135. The third kappa shape index (κ3) is 3.33. The molecule has 0 saturated heterocycles. The Morgan fingerprint density at radius 1 is 1.42 bits per heavy atom. The molecule has 19 heavy (non-hydrogen) atoms. The van der Waals surface area contributed by atoms with Crippen LogP contribution in [0.15, 0.2) is 30.3 Å². The highest BCUT2D eigenvalue weighted by Crippen LogP contribution is 2.38. The van der Waals surface area contributed by atoms with Crippen LogP contribution in [0.5, 0.6) is 0 Å². The van der Waals surface area contributed by atoms with Gasteiger partial charge < -0.3 is 15.2 Å². The number of rotatable bonds is 6. The fourth-order valence-electron chi connectivity index (χ4n) is 2.48. The fourth-order valence-corrected chi connectivity index (χ4v) is 2.48. The first-order valence-electron chi connectivity index (χ1n) is 6.69. The van der Waals surface area contributed by atoms with E-state index in [4.69, 9.17) is 4.74 Å². The molecule has 4 heteroatoms. The van der Waals surface area contributed by atoms with Gasteiger partial charge in [0.25, 0.3) is 0 Å². The van der Waals surface area contributed by atoms with E-state index in [1.165, 1.54) is 0 Å². The number of aliphatic hydroxyl groups is 1. The Hall–Kier alpha value is -1.39. The summed E-state index contributed by atoms with van der Waals surface area (Å²) in [6.45, 7) is -0.101. The molecule has 0 spiro atoms. The van der Waals surface area contributed by atoms with Gasteiger partial charge in [-0.15, -0.1) is 0 Å². The molecular formula is C15H21NO3. The number of hydrogen-bond acceptors (Lipinski definition) is 3. The van der Waals surface area contributed by atoms with Gasteiger partial charge in [-0.1, -0.05) is 30.3 Å². The molecule has 0 aliphatic heterocycles. The van der Waals surface area contributed by atoms with E-state index in [0.717, 1.165) is 24.8 Å². The Balaban J connectivity index is 1.93. The third-order valence-corrected chi connectivity index (χ3v) is 3.90. The Morgan fingerprint density at radius 3 is 2.58 bits per heavy atom. The van der Waals surface area contributed by atoms with Crippen LogP contribution in [0.3, 0.4) is 0 Å². The minimum Gasteiger partial charge on any atom is -0.394 e. The van der Waals surface area contributed by atoms with Gasteiger partial charge in [0.1, 0.15) is 0 Å². The molecule has 1 aromatic rings. The van der Waals surface area contributed by atoms with Crippen LogP contribution in [-0.2, 0) is 9.53 Å². The Kier molecular flexibility index (Phi) is 4.56. The number of carbonyl (C=O) groups is 1. The van der Waals surface area contributed by atoms with Crippen molar-refractivity contribution in [3.05, 3.63) is 35.9 Å². The zero-order valence-electron chi connectivity index (χ0n) is 11.3.